The van der Waals surface area contributed by atoms with Gasteiger partial charge in [0.25, 0.3) is 0 Å². The second-order valence-corrected chi connectivity index (χ2v) is 4.24. The number of rotatable bonds is 3. The van der Waals surface area contributed by atoms with E-state index >= 15 is 0 Å². The molecule has 1 unspecified atom stereocenters. The molecule has 0 aromatic rings. The van der Waals surface area contributed by atoms with Crippen molar-refractivity contribution in [3.05, 3.63) is 0 Å². The van der Waals surface area contributed by atoms with Gasteiger partial charge < -0.3 is 9.69 Å². The molecule has 1 amide bonds. The lowest BCUT2D eigenvalue weighted by Crippen LogP contribution is -2.56. The molecule has 1 aliphatic carbocycles. The first-order chi connectivity index (χ1) is 6.72. The fourth-order valence-electron chi connectivity index (χ4n) is 2.21. The van der Waals surface area contributed by atoms with E-state index in [2.05, 4.69) is 6.92 Å². The highest BCUT2D eigenvalue weighted by Crippen LogP contribution is 2.30. The summed E-state index contributed by atoms with van der Waals surface area (Å²) in [4.78, 5) is 26.0. The monoisotopic (exact) mass is 196 g/mol. The molecule has 1 atom stereocenters. The summed E-state index contributed by atoms with van der Waals surface area (Å²) < 4.78 is 0. The molecule has 0 N–H and O–H groups in total. The zero-order valence-electron chi connectivity index (χ0n) is 8.48. The van der Waals surface area contributed by atoms with Gasteiger partial charge in [-0.3, -0.25) is 9.69 Å². The van der Waals surface area contributed by atoms with E-state index in [1.54, 1.807) is 0 Å². The molecule has 1 heterocycles. The molecule has 0 radical (unpaired) electrons. The van der Waals surface area contributed by atoms with Crippen molar-refractivity contribution < 1.29 is 9.59 Å². The summed E-state index contributed by atoms with van der Waals surface area (Å²) in [5, 5.41) is 0. The minimum absolute atomic E-state index is 0.188. The summed E-state index contributed by atoms with van der Waals surface area (Å²) in [7, 11) is 0. The number of piperazine rings is 1. The lowest BCUT2D eigenvalue weighted by molar-refractivity contribution is -0.140. The third-order valence-corrected chi connectivity index (χ3v) is 2.92. The highest BCUT2D eigenvalue weighted by molar-refractivity contribution is 5.80. The Kier molecular flexibility index (Phi) is 2.54. The van der Waals surface area contributed by atoms with E-state index in [4.69, 9.17) is 0 Å². The zero-order valence-corrected chi connectivity index (χ0v) is 8.48. The maximum Gasteiger partial charge on any atom is 0.237 e. The topological polar surface area (TPSA) is 40.6 Å². The molecule has 1 saturated heterocycles. The van der Waals surface area contributed by atoms with Gasteiger partial charge in [0.05, 0.1) is 13.1 Å². The largest absolute Gasteiger partial charge is 0.335 e. The maximum absolute atomic E-state index is 11.7. The molecule has 0 aromatic heterocycles. The molecule has 1 saturated carbocycles. The minimum Gasteiger partial charge on any atom is -0.335 e. The van der Waals surface area contributed by atoms with E-state index in [0.29, 0.717) is 19.1 Å². The van der Waals surface area contributed by atoms with Gasteiger partial charge >= 0.3 is 0 Å². The molecule has 14 heavy (non-hydrogen) atoms. The van der Waals surface area contributed by atoms with Crippen molar-refractivity contribution in [2.75, 3.05) is 19.6 Å². The normalized spacial score (nSPS) is 29.4. The smallest absolute Gasteiger partial charge is 0.237 e. The molecule has 0 aromatic carbocycles. The van der Waals surface area contributed by atoms with Gasteiger partial charge in [-0.1, -0.05) is 0 Å². The third-order valence-electron chi connectivity index (χ3n) is 2.92. The SMILES string of the molecule is CC1CN(CC=O)CC(=O)N1C1CC1. The quantitative estimate of drug-likeness (QED) is 0.591. The van der Waals surface area contributed by atoms with E-state index < -0.39 is 0 Å². The van der Waals surface area contributed by atoms with Gasteiger partial charge in [0.15, 0.2) is 0 Å². The Balaban J connectivity index is 1.98. The first-order valence-corrected chi connectivity index (χ1v) is 5.19. The van der Waals surface area contributed by atoms with E-state index in [0.717, 1.165) is 25.7 Å². The molecule has 1 aliphatic heterocycles. The van der Waals surface area contributed by atoms with Gasteiger partial charge in [-0.2, -0.15) is 0 Å². The Morgan fingerprint density at radius 1 is 1.50 bits per heavy atom. The summed E-state index contributed by atoms with van der Waals surface area (Å²) in [6.45, 7) is 3.70. The van der Waals surface area contributed by atoms with Gasteiger partial charge in [-0.05, 0) is 19.8 Å². The predicted octanol–water partition coefficient (Wildman–Crippen LogP) is -0.120. The van der Waals surface area contributed by atoms with Crippen molar-refractivity contribution in [3.63, 3.8) is 0 Å². The molecule has 4 nitrogen and oxygen atoms in total. The highest BCUT2D eigenvalue weighted by Gasteiger charge is 2.39. The minimum atomic E-state index is 0.188. The number of hydrogen-bond acceptors (Lipinski definition) is 3. The van der Waals surface area contributed by atoms with Crippen LogP contribution in [0.4, 0.5) is 0 Å². The van der Waals surface area contributed by atoms with Gasteiger partial charge in [0.2, 0.25) is 5.91 Å². The van der Waals surface area contributed by atoms with Crippen LogP contribution in [0.3, 0.4) is 0 Å². The molecule has 0 bridgehead atoms. The van der Waals surface area contributed by atoms with Crippen molar-refractivity contribution in [3.8, 4) is 0 Å². The first-order valence-electron chi connectivity index (χ1n) is 5.19. The molecule has 2 rings (SSSR count). The standard InChI is InChI=1S/C10H16N2O2/c1-8-6-11(4-5-13)7-10(14)12(8)9-2-3-9/h5,8-9H,2-4,6-7H2,1H3. The average Bonchev–Trinajstić information content (AvgIpc) is 2.87. The lowest BCUT2D eigenvalue weighted by atomic mass is 10.2. The highest BCUT2D eigenvalue weighted by atomic mass is 16.2. The third kappa shape index (κ3) is 1.80. The molecule has 4 heteroatoms. The van der Waals surface area contributed by atoms with Crippen LogP contribution < -0.4 is 0 Å². The molecular weight excluding hydrogens is 180 g/mol. The first kappa shape index (κ1) is 9.65. The fraction of sp³-hybridized carbons (Fsp3) is 0.800. The van der Waals surface area contributed by atoms with E-state index in [1.165, 1.54) is 0 Å². The lowest BCUT2D eigenvalue weighted by Gasteiger charge is -2.39. The number of amides is 1. The van der Waals surface area contributed by atoms with Crippen LogP contribution in [0.5, 0.6) is 0 Å². The van der Waals surface area contributed by atoms with Crippen LogP contribution in [-0.4, -0.2) is 53.7 Å². The second-order valence-electron chi connectivity index (χ2n) is 4.24. The van der Waals surface area contributed by atoms with Gasteiger partial charge in [-0.15, -0.1) is 0 Å². The maximum atomic E-state index is 11.7. The summed E-state index contributed by atoms with van der Waals surface area (Å²) in [6.07, 6.45) is 3.18. The number of aldehydes is 1. The Morgan fingerprint density at radius 3 is 2.71 bits per heavy atom. The summed E-state index contributed by atoms with van der Waals surface area (Å²) in [5.41, 5.74) is 0. The van der Waals surface area contributed by atoms with E-state index in [1.807, 2.05) is 9.80 Å². The van der Waals surface area contributed by atoms with Crippen molar-refractivity contribution in [2.45, 2.75) is 31.8 Å². The van der Waals surface area contributed by atoms with Gasteiger partial charge in [0, 0.05) is 18.6 Å². The van der Waals surface area contributed by atoms with Crippen LogP contribution in [0.2, 0.25) is 0 Å². The number of carbonyl (C=O) groups excluding carboxylic acids is 2. The average molecular weight is 196 g/mol. The molecule has 2 fully saturated rings. The van der Waals surface area contributed by atoms with Crippen molar-refractivity contribution in [2.24, 2.45) is 0 Å². The van der Waals surface area contributed by atoms with E-state index in [9.17, 15) is 9.59 Å². The van der Waals surface area contributed by atoms with Crippen LogP contribution in [0.15, 0.2) is 0 Å². The van der Waals surface area contributed by atoms with Crippen molar-refractivity contribution >= 4 is 12.2 Å². The van der Waals surface area contributed by atoms with Crippen LogP contribution in [-0.2, 0) is 9.59 Å². The van der Waals surface area contributed by atoms with Crippen molar-refractivity contribution in [1.29, 1.82) is 0 Å². The summed E-state index contributed by atoms with van der Waals surface area (Å²) in [6, 6.07) is 0.764. The van der Waals surface area contributed by atoms with E-state index in [-0.39, 0.29) is 11.9 Å². The molecular formula is C10H16N2O2. The zero-order chi connectivity index (χ0) is 10.1. The Labute approximate surface area is 83.9 Å². The van der Waals surface area contributed by atoms with Crippen LogP contribution in [0.1, 0.15) is 19.8 Å². The van der Waals surface area contributed by atoms with Crippen LogP contribution >= 0.6 is 0 Å². The Bertz CT molecular complexity index is 251. The fourth-order valence-corrected chi connectivity index (χ4v) is 2.21. The van der Waals surface area contributed by atoms with Crippen LogP contribution in [0, 0.1) is 0 Å². The number of hydrogen-bond donors (Lipinski definition) is 0. The second kappa shape index (κ2) is 3.69. The Hall–Kier alpha value is -0.900. The summed E-state index contributed by atoms with van der Waals surface area (Å²) >= 11 is 0. The number of nitrogens with zero attached hydrogens (tertiary/aromatic N) is 2. The molecule has 0 spiro atoms. The van der Waals surface area contributed by atoms with Crippen molar-refractivity contribution in [1.82, 2.24) is 9.80 Å². The number of carbonyl (C=O) groups is 2. The van der Waals surface area contributed by atoms with Crippen LogP contribution in [0.25, 0.3) is 0 Å². The molecule has 78 valence electrons. The van der Waals surface area contributed by atoms with Gasteiger partial charge in [-0.25, -0.2) is 0 Å². The van der Waals surface area contributed by atoms with Gasteiger partial charge in [0.1, 0.15) is 6.29 Å². The predicted molar refractivity (Wildman–Crippen MR) is 51.8 cm³/mol. The Morgan fingerprint density at radius 2 is 2.21 bits per heavy atom. The molecule has 2 aliphatic rings. The summed E-state index contributed by atoms with van der Waals surface area (Å²) in [5.74, 6) is 0.188.